The highest BCUT2D eigenvalue weighted by Gasteiger charge is 2.70. The molecule has 5 rings (SSSR count). The number of rotatable bonds is 1. The SMILES string of the molecule is CC1(C)[C@@H](O)CC[C@]2(C)[C@H]3C(=O)C=C4[C@@H]5C[C@@](C)(C(=O)O)CC[C@]5(C)CC[C@@]4(C)[C@]3(C)CC[C@@H]12.N=C(N)N. The smallest absolute Gasteiger partial charge is 0.309 e. The summed E-state index contributed by atoms with van der Waals surface area (Å²) in [6.45, 7) is 15.8. The van der Waals surface area contributed by atoms with E-state index < -0.39 is 11.4 Å². The Labute approximate surface area is 228 Å². The zero-order valence-corrected chi connectivity index (χ0v) is 24.6. The molecule has 0 amide bonds. The number of hydrogen-bond acceptors (Lipinski definition) is 4. The van der Waals surface area contributed by atoms with E-state index in [1.807, 2.05) is 13.0 Å². The Morgan fingerprint density at radius 1 is 0.947 bits per heavy atom. The number of carboxylic acid groups (broad SMARTS) is 1. The molecule has 5 aliphatic rings. The van der Waals surface area contributed by atoms with Crippen molar-refractivity contribution in [3.05, 3.63) is 11.6 Å². The number of aliphatic hydroxyl groups is 1. The van der Waals surface area contributed by atoms with Crippen LogP contribution in [-0.4, -0.2) is 34.0 Å². The van der Waals surface area contributed by atoms with Gasteiger partial charge in [-0.3, -0.25) is 15.0 Å². The van der Waals surface area contributed by atoms with Gasteiger partial charge in [0.05, 0.1) is 11.5 Å². The number of carbonyl (C=O) groups is 2. The lowest BCUT2D eigenvalue weighted by molar-refractivity contribution is -0.202. The molecule has 4 saturated carbocycles. The van der Waals surface area contributed by atoms with Gasteiger partial charge in [-0.15, -0.1) is 0 Å². The average Bonchev–Trinajstić information content (AvgIpc) is 2.78. The molecule has 0 aromatic carbocycles. The molecule has 7 heteroatoms. The van der Waals surface area contributed by atoms with Gasteiger partial charge in [-0.2, -0.15) is 0 Å². The fraction of sp³-hybridized carbons (Fsp3) is 0.839. The van der Waals surface area contributed by atoms with Crippen LogP contribution in [-0.2, 0) is 9.59 Å². The van der Waals surface area contributed by atoms with Crippen LogP contribution >= 0.6 is 0 Å². The van der Waals surface area contributed by atoms with E-state index in [0.717, 1.165) is 51.4 Å². The molecule has 0 unspecified atom stereocenters. The largest absolute Gasteiger partial charge is 0.481 e. The Hall–Kier alpha value is -1.89. The Morgan fingerprint density at radius 3 is 2.11 bits per heavy atom. The third kappa shape index (κ3) is 3.88. The number of aliphatic hydroxyl groups excluding tert-OH is 1. The lowest BCUT2D eigenvalue weighted by Gasteiger charge is -2.70. The first-order chi connectivity index (χ1) is 17.3. The summed E-state index contributed by atoms with van der Waals surface area (Å²) in [7, 11) is 0. The van der Waals surface area contributed by atoms with Crippen molar-refractivity contribution in [1.82, 2.24) is 0 Å². The van der Waals surface area contributed by atoms with Crippen molar-refractivity contribution in [3.63, 3.8) is 0 Å². The molecule has 0 bridgehead atoms. The molecule has 214 valence electrons. The molecule has 0 aromatic rings. The van der Waals surface area contributed by atoms with E-state index in [9.17, 15) is 19.8 Å². The van der Waals surface area contributed by atoms with E-state index in [4.69, 9.17) is 5.41 Å². The number of fused-ring (bicyclic) bond motifs is 7. The summed E-state index contributed by atoms with van der Waals surface area (Å²) in [4.78, 5) is 26.4. The number of ketones is 1. The minimum Gasteiger partial charge on any atom is -0.481 e. The molecule has 0 aliphatic heterocycles. The molecular formula is C31H51N3O4. The number of nitrogens with two attached hydrogens (primary N) is 2. The van der Waals surface area contributed by atoms with Gasteiger partial charge in [0.15, 0.2) is 11.7 Å². The predicted octanol–water partition coefficient (Wildman–Crippen LogP) is 5.25. The van der Waals surface area contributed by atoms with Gasteiger partial charge in [-0.25, -0.2) is 0 Å². The molecule has 9 atom stereocenters. The highest BCUT2D eigenvalue weighted by Crippen LogP contribution is 2.75. The molecule has 0 radical (unpaired) electrons. The Kier molecular flexibility index (Phi) is 6.74. The Balaban J connectivity index is 0.000000786. The number of carboxylic acids is 1. The minimum atomic E-state index is -0.711. The molecule has 38 heavy (non-hydrogen) atoms. The van der Waals surface area contributed by atoms with Crippen molar-refractivity contribution >= 4 is 17.7 Å². The summed E-state index contributed by atoms with van der Waals surface area (Å²) in [5.74, 6) is -0.273. The van der Waals surface area contributed by atoms with Gasteiger partial charge in [0.2, 0.25) is 0 Å². The van der Waals surface area contributed by atoms with Gasteiger partial charge in [-0.1, -0.05) is 47.1 Å². The first-order valence-electron chi connectivity index (χ1n) is 14.6. The molecule has 7 N–H and O–H groups in total. The third-order valence-corrected chi connectivity index (χ3v) is 13.1. The van der Waals surface area contributed by atoms with E-state index in [1.54, 1.807) is 0 Å². The van der Waals surface area contributed by atoms with Crippen LogP contribution in [0.15, 0.2) is 11.6 Å². The quantitative estimate of drug-likeness (QED) is 0.231. The van der Waals surface area contributed by atoms with Crippen LogP contribution in [0.3, 0.4) is 0 Å². The number of aliphatic carboxylic acids is 1. The van der Waals surface area contributed by atoms with Crippen molar-refractivity contribution in [2.45, 2.75) is 112 Å². The normalized spacial score (nSPS) is 49.1. The van der Waals surface area contributed by atoms with Gasteiger partial charge in [0.1, 0.15) is 0 Å². The van der Waals surface area contributed by atoms with Crippen molar-refractivity contribution in [2.75, 3.05) is 0 Å². The van der Waals surface area contributed by atoms with Crippen molar-refractivity contribution in [2.24, 2.45) is 61.7 Å². The first kappa shape index (κ1) is 29.1. The maximum Gasteiger partial charge on any atom is 0.309 e. The number of allylic oxidation sites excluding steroid dienone is 2. The standard InChI is InChI=1S/C30H46O4.CH5N3/c1-25(2)21-8-11-30(7)23(28(21,5)10-9-22(25)32)20(31)16-18-19-17-27(4,24(33)34)13-12-26(19,3)14-15-29(18,30)6;2-1(3)4/h16,19,21-23,32H,8-15,17H2,1-7H3,(H,33,34);(H5,2,3,4)/t19-,21-,22-,23+,26+,27-,28-,29+,30+;/m0./s1. The summed E-state index contributed by atoms with van der Waals surface area (Å²) >= 11 is 0. The highest BCUT2D eigenvalue weighted by molar-refractivity contribution is 5.95. The van der Waals surface area contributed by atoms with Crippen LogP contribution in [0.5, 0.6) is 0 Å². The first-order valence-corrected chi connectivity index (χ1v) is 14.6. The molecule has 0 saturated heterocycles. The molecule has 0 spiro atoms. The number of hydrogen-bond donors (Lipinski definition) is 5. The molecule has 0 heterocycles. The summed E-state index contributed by atoms with van der Waals surface area (Å²) in [6, 6.07) is 0. The van der Waals surface area contributed by atoms with Crippen molar-refractivity contribution in [1.29, 1.82) is 5.41 Å². The molecule has 0 aromatic heterocycles. The lowest BCUT2D eigenvalue weighted by Crippen LogP contribution is -2.66. The van der Waals surface area contributed by atoms with E-state index >= 15 is 0 Å². The van der Waals surface area contributed by atoms with Gasteiger partial charge < -0.3 is 21.7 Å². The second kappa shape index (κ2) is 8.81. The van der Waals surface area contributed by atoms with E-state index in [2.05, 4.69) is 53.0 Å². The lowest BCUT2D eigenvalue weighted by atomic mass is 9.33. The summed E-state index contributed by atoms with van der Waals surface area (Å²) < 4.78 is 0. The molecule has 4 fully saturated rings. The van der Waals surface area contributed by atoms with Crippen LogP contribution in [0.25, 0.3) is 0 Å². The van der Waals surface area contributed by atoms with E-state index in [-0.39, 0.29) is 56.8 Å². The molecule has 7 nitrogen and oxygen atoms in total. The Morgan fingerprint density at radius 2 is 1.53 bits per heavy atom. The van der Waals surface area contributed by atoms with Crippen LogP contribution in [0.2, 0.25) is 0 Å². The topological polar surface area (TPSA) is 150 Å². The number of nitrogens with one attached hydrogen (secondary N) is 1. The summed E-state index contributed by atoms with van der Waals surface area (Å²) in [6.07, 6.45) is 9.95. The Bertz CT molecular complexity index is 1070. The highest BCUT2D eigenvalue weighted by atomic mass is 16.4. The fourth-order valence-electron chi connectivity index (χ4n) is 10.4. The van der Waals surface area contributed by atoms with Gasteiger partial charge in [0.25, 0.3) is 0 Å². The van der Waals surface area contributed by atoms with Crippen molar-refractivity contribution < 1.29 is 19.8 Å². The van der Waals surface area contributed by atoms with Gasteiger partial charge in [-0.05, 0) is 110 Å². The third-order valence-electron chi connectivity index (χ3n) is 13.1. The summed E-state index contributed by atoms with van der Waals surface area (Å²) in [5.41, 5.74) is 9.09. The van der Waals surface area contributed by atoms with Crippen molar-refractivity contribution in [3.8, 4) is 0 Å². The van der Waals surface area contributed by atoms with Gasteiger partial charge in [0, 0.05) is 5.92 Å². The van der Waals surface area contributed by atoms with E-state index in [0.29, 0.717) is 12.3 Å². The predicted molar refractivity (Wildman–Crippen MR) is 149 cm³/mol. The second-order valence-corrected chi connectivity index (χ2v) is 15.4. The van der Waals surface area contributed by atoms with Crippen LogP contribution in [0.1, 0.15) is 106 Å². The minimum absolute atomic E-state index is 0.0296. The second-order valence-electron chi connectivity index (χ2n) is 15.4. The zero-order chi connectivity index (χ0) is 28.7. The zero-order valence-electron chi connectivity index (χ0n) is 24.6. The van der Waals surface area contributed by atoms with E-state index in [1.165, 1.54) is 5.57 Å². The monoisotopic (exact) mass is 529 g/mol. The fourth-order valence-corrected chi connectivity index (χ4v) is 10.4. The maximum absolute atomic E-state index is 14.2. The maximum atomic E-state index is 14.2. The molecule has 5 aliphatic carbocycles. The van der Waals surface area contributed by atoms with Crippen LogP contribution in [0, 0.1) is 55.7 Å². The number of guanidine groups is 1. The van der Waals surface area contributed by atoms with Gasteiger partial charge >= 0.3 is 5.97 Å². The summed E-state index contributed by atoms with van der Waals surface area (Å²) in [5, 5.41) is 27.0. The molecular weight excluding hydrogens is 478 g/mol. The van der Waals surface area contributed by atoms with Crippen LogP contribution < -0.4 is 11.5 Å². The number of carbonyl (C=O) groups excluding carboxylic acids is 1. The average molecular weight is 530 g/mol. The van der Waals surface area contributed by atoms with Crippen LogP contribution in [0.4, 0.5) is 0 Å².